The van der Waals surface area contributed by atoms with Crippen LogP contribution >= 0.6 is 0 Å². The summed E-state index contributed by atoms with van der Waals surface area (Å²) in [5.41, 5.74) is -0.202. The molecule has 2 atom stereocenters. The summed E-state index contributed by atoms with van der Waals surface area (Å²) in [5, 5.41) is 12.6. The fourth-order valence-electron chi connectivity index (χ4n) is 1.87. The monoisotopic (exact) mass is 231 g/mol. The molecule has 0 aliphatic carbocycles. The van der Waals surface area contributed by atoms with Gasteiger partial charge in [0, 0.05) is 12.1 Å². The summed E-state index contributed by atoms with van der Waals surface area (Å²) in [6.45, 7) is 12.3. The van der Waals surface area contributed by atoms with Gasteiger partial charge in [-0.2, -0.15) is 0 Å². The van der Waals surface area contributed by atoms with Gasteiger partial charge in [-0.15, -0.1) is 0 Å². The maximum Gasteiger partial charge on any atom is 0.0611 e. The SMILES string of the molecule is CCNC(C)(CO)CCOC(C)CC(C)C. The Labute approximate surface area is 101 Å². The predicted octanol–water partition coefficient (Wildman–Crippen LogP) is 2.19. The molecule has 0 aliphatic rings. The Balaban J connectivity index is 3.77. The summed E-state index contributed by atoms with van der Waals surface area (Å²) in [6.07, 6.45) is 2.25. The molecule has 2 N–H and O–H groups in total. The van der Waals surface area contributed by atoms with Gasteiger partial charge in [-0.05, 0) is 39.2 Å². The minimum absolute atomic E-state index is 0.156. The summed E-state index contributed by atoms with van der Waals surface area (Å²) in [4.78, 5) is 0. The zero-order valence-corrected chi connectivity index (χ0v) is 11.5. The third-order valence-corrected chi connectivity index (χ3v) is 2.81. The first-order valence-corrected chi connectivity index (χ1v) is 6.41. The van der Waals surface area contributed by atoms with Gasteiger partial charge in [-0.3, -0.25) is 0 Å². The number of ether oxygens (including phenoxy) is 1. The minimum atomic E-state index is -0.202. The van der Waals surface area contributed by atoms with E-state index in [1.807, 2.05) is 6.92 Å². The second-order valence-electron chi connectivity index (χ2n) is 5.31. The first kappa shape index (κ1) is 15.9. The average Bonchev–Trinajstić information content (AvgIpc) is 2.17. The number of hydrogen-bond acceptors (Lipinski definition) is 3. The van der Waals surface area contributed by atoms with E-state index in [0.29, 0.717) is 18.6 Å². The van der Waals surface area contributed by atoms with E-state index >= 15 is 0 Å². The van der Waals surface area contributed by atoms with E-state index in [1.165, 1.54) is 0 Å². The molecule has 0 bridgehead atoms. The van der Waals surface area contributed by atoms with Crippen LogP contribution in [0.5, 0.6) is 0 Å². The lowest BCUT2D eigenvalue weighted by Gasteiger charge is -2.29. The van der Waals surface area contributed by atoms with E-state index in [4.69, 9.17) is 4.74 Å². The predicted molar refractivity (Wildman–Crippen MR) is 68.7 cm³/mol. The fraction of sp³-hybridized carbons (Fsp3) is 1.00. The van der Waals surface area contributed by atoms with Gasteiger partial charge in [0.2, 0.25) is 0 Å². The lowest BCUT2D eigenvalue weighted by Crippen LogP contribution is -2.46. The largest absolute Gasteiger partial charge is 0.394 e. The molecule has 0 saturated heterocycles. The molecule has 0 saturated carbocycles. The minimum Gasteiger partial charge on any atom is -0.394 e. The molecule has 2 unspecified atom stereocenters. The van der Waals surface area contributed by atoms with Gasteiger partial charge in [0.05, 0.1) is 12.7 Å². The molecule has 0 rings (SSSR count). The van der Waals surface area contributed by atoms with Crippen molar-refractivity contribution in [2.75, 3.05) is 19.8 Å². The molecule has 0 amide bonds. The quantitative estimate of drug-likeness (QED) is 0.639. The molecule has 3 heteroatoms. The molecule has 0 aromatic carbocycles. The van der Waals surface area contributed by atoms with Crippen molar-refractivity contribution in [2.45, 2.75) is 59.1 Å². The standard InChI is InChI=1S/C13H29NO2/c1-6-14-13(5,10-15)7-8-16-12(4)9-11(2)3/h11-12,14-15H,6-10H2,1-5H3. The third-order valence-electron chi connectivity index (χ3n) is 2.81. The fourth-order valence-corrected chi connectivity index (χ4v) is 1.87. The number of aliphatic hydroxyl groups is 1. The van der Waals surface area contributed by atoms with Crippen LogP contribution in [0.4, 0.5) is 0 Å². The van der Waals surface area contributed by atoms with Crippen molar-refractivity contribution in [3.8, 4) is 0 Å². The molecule has 3 nitrogen and oxygen atoms in total. The van der Waals surface area contributed by atoms with Crippen LogP contribution in [0.3, 0.4) is 0 Å². The summed E-state index contributed by atoms with van der Waals surface area (Å²) in [5.74, 6) is 0.674. The Hall–Kier alpha value is -0.120. The topological polar surface area (TPSA) is 41.5 Å². The maximum atomic E-state index is 9.31. The summed E-state index contributed by atoms with van der Waals surface area (Å²) in [7, 11) is 0. The van der Waals surface area contributed by atoms with Crippen molar-refractivity contribution in [1.29, 1.82) is 0 Å². The van der Waals surface area contributed by atoms with E-state index in [1.54, 1.807) is 0 Å². The number of nitrogens with one attached hydrogen (secondary N) is 1. The van der Waals surface area contributed by atoms with Crippen molar-refractivity contribution < 1.29 is 9.84 Å². The van der Waals surface area contributed by atoms with E-state index < -0.39 is 0 Å². The highest BCUT2D eigenvalue weighted by atomic mass is 16.5. The molecule has 0 aromatic heterocycles. The Bertz CT molecular complexity index is 173. The van der Waals surface area contributed by atoms with Gasteiger partial charge in [-0.1, -0.05) is 20.8 Å². The Morgan fingerprint density at radius 3 is 2.38 bits per heavy atom. The van der Waals surface area contributed by atoms with Crippen LogP contribution in [-0.2, 0) is 4.74 Å². The number of likely N-dealkylation sites (N-methyl/N-ethyl adjacent to an activating group) is 1. The van der Waals surface area contributed by atoms with Crippen LogP contribution in [0.15, 0.2) is 0 Å². The van der Waals surface area contributed by atoms with E-state index in [-0.39, 0.29) is 12.1 Å². The van der Waals surface area contributed by atoms with Crippen molar-refractivity contribution in [3.05, 3.63) is 0 Å². The van der Waals surface area contributed by atoms with Crippen LogP contribution < -0.4 is 5.32 Å². The van der Waals surface area contributed by atoms with Gasteiger partial charge >= 0.3 is 0 Å². The smallest absolute Gasteiger partial charge is 0.0611 e. The number of aliphatic hydroxyl groups excluding tert-OH is 1. The van der Waals surface area contributed by atoms with E-state index in [2.05, 4.69) is 33.0 Å². The first-order chi connectivity index (χ1) is 7.43. The normalized spacial score (nSPS) is 17.4. The summed E-state index contributed by atoms with van der Waals surface area (Å²) < 4.78 is 5.75. The van der Waals surface area contributed by atoms with Crippen LogP contribution in [-0.4, -0.2) is 36.5 Å². The van der Waals surface area contributed by atoms with Crippen molar-refractivity contribution >= 4 is 0 Å². The van der Waals surface area contributed by atoms with E-state index in [9.17, 15) is 5.11 Å². The molecule has 0 fully saturated rings. The van der Waals surface area contributed by atoms with E-state index in [0.717, 1.165) is 19.4 Å². The lowest BCUT2D eigenvalue weighted by atomic mass is 9.99. The van der Waals surface area contributed by atoms with Crippen LogP contribution in [0.1, 0.15) is 47.5 Å². The van der Waals surface area contributed by atoms with Crippen molar-refractivity contribution in [2.24, 2.45) is 5.92 Å². The van der Waals surface area contributed by atoms with Gasteiger partial charge in [0.15, 0.2) is 0 Å². The van der Waals surface area contributed by atoms with Crippen molar-refractivity contribution in [3.63, 3.8) is 0 Å². The average molecular weight is 231 g/mol. The van der Waals surface area contributed by atoms with Crippen LogP contribution in [0, 0.1) is 5.92 Å². The zero-order valence-electron chi connectivity index (χ0n) is 11.5. The number of rotatable bonds is 9. The third kappa shape index (κ3) is 7.20. The molecular weight excluding hydrogens is 202 g/mol. The highest BCUT2D eigenvalue weighted by molar-refractivity contribution is 4.81. The highest BCUT2D eigenvalue weighted by Crippen LogP contribution is 2.12. The second-order valence-corrected chi connectivity index (χ2v) is 5.31. The Morgan fingerprint density at radius 2 is 1.94 bits per heavy atom. The number of hydrogen-bond donors (Lipinski definition) is 2. The molecule has 0 heterocycles. The molecule has 98 valence electrons. The van der Waals surface area contributed by atoms with Crippen molar-refractivity contribution in [1.82, 2.24) is 5.32 Å². The molecule has 0 radical (unpaired) electrons. The van der Waals surface area contributed by atoms with Gasteiger partial charge in [0.1, 0.15) is 0 Å². The summed E-state index contributed by atoms with van der Waals surface area (Å²) >= 11 is 0. The van der Waals surface area contributed by atoms with Gasteiger partial charge < -0.3 is 15.2 Å². The lowest BCUT2D eigenvalue weighted by molar-refractivity contribution is 0.0305. The molecular formula is C13H29NO2. The Kier molecular flexibility index (Phi) is 7.98. The van der Waals surface area contributed by atoms with Crippen LogP contribution in [0.2, 0.25) is 0 Å². The maximum absolute atomic E-state index is 9.31. The summed E-state index contributed by atoms with van der Waals surface area (Å²) in [6, 6.07) is 0. The van der Waals surface area contributed by atoms with Gasteiger partial charge in [-0.25, -0.2) is 0 Å². The molecule has 16 heavy (non-hydrogen) atoms. The zero-order chi connectivity index (χ0) is 12.6. The first-order valence-electron chi connectivity index (χ1n) is 6.41. The molecule has 0 spiro atoms. The molecule has 0 aromatic rings. The van der Waals surface area contributed by atoms with Crippen LogP contribution in [0.25, 0.3) is 0 Å². The highest BCUT2D eigenvalue weighted by Gasteiger charge is 2.21. The Morgan fingerprint density at radius 1 is 1.31 bits per heavy atom. The molecule has 0 aliphatic heterocycles. The second kappa shape index (κ2) is 8.04. The van der Waals surface area contributed by atoms with Gasteiger partial charge in [0.25, 0.3) is 0 Å².